The van der Waals surface area contributed by atoms with E-state index in [0.29, 0.717) is 21.7 Å². The first-order chi connectivity index (χ1) is 13.4. The van der Waals surface area contributed by atoms with Gasteiger partial charge in [0.15, 0.2) is 0 Å². The molecule has 1 N–H and O–H groups in total. The highest BCUT2D eigenvalue weighted by Crippen LogP contribution is 2.24. The van der Waals surface area contributed by atoms with Crippen molar-refractivity contribution < 1.29 is 14.1 Å². The summed E-state index contributed by atoms with van der Waals surface area (Å²) in [4.78, 5) is 15.4. The molecule has 0 bridgehead atoms. The van der Waals surface area contributed by atoms with Gasteiger partial charge in [0.25, 0.3) is 0 Å². The predicted octanol–water partition coefficient (Wildman–Crippen LogP) is 4.28. The van der Waals surface area contributed by atoms with Crippen LogP contribution in [0.5, 0.6) is 0 Å². The lowest BCUT2D eigenvalue weighted by atomic mass is 10.1. The standard InChI is InChI=1S/C22H18N2O3S/c1-16-7-3-6-10-21(16)28(2,27)24-19-9-5-4-8-18(19)13-11-17-12-14-20(22(25)26)23-15-17/h3-10,12,14-15H,1-2H3,(H,25,26). The summed E-state index contributed by atoms with van der Waals surface area (Å²) < 4.78 is 17.7. The van der Waals surface area contributed by atoms with Crippen LogP contribution in [0.25, 0.3) is 0 Å². The van der Waals surface area contributed by atoms with Gasteiger partial charge in [0.1, 0.15) is 5.69 Å². The Balaban J connectivity index is 2.00. The van der Waals surface area contributed by atoms with Crippen LogP contribution in [-0.4, -0.2) is 26.5 Å². The Labute approximate surface area is 164 Å². The topological polar surface area (TPSA) is 79.6 Å². The molecule has 3 rings (SSSR count). The van der Waals surface area contributed by atoms with Gasteiger partial charge in [0.2, 0.25) is 0 Å². The van der Waals surface area contributed by atoms with Gasteiger partial charge in [-0.1, -0.05) is 42.2 Å². The highest BCUT2D eigenvalue weighted by atomic mass is 32.2. The van der Waals surface area contributed by atoms with Crippen molar-refractivity contribution in [1.82, 2.24) is 4.98 Å². The number of aromatic nitrogens is 1. The first kappa shape index (κ1) is 19.3. The molecule has 1 heterocycles. The molecule has 1 unspecified atom stereocenters. The summed E-state index contributed by atoms with van der Waals surface area (Å²) in [5.74, 6) is 4.87. The van der Waals surface area contributed by atoms with E-state index in [4.69, 9.17) is 5.11 Å². The first-order valence-corrected chi connectivity index (χ1v) is 10.4. The van der Waals surface area contributed by atoms with Gasteiger partial charge in [-0.15, -0.1) is 0 Å². The predicted molar refractivity (Wildman–Crippen MR) is 109 cm³/mol. The smallest absolute Gasteiger partial charge is 0.354 e. The van der Waals surface area contributed by atoms with Crippen LogP contribution in [0, 0.1) is 18.8 Å². The van der Waals surface area contributed by atoms with Crippen LogP contribution in [0.15, 0.2) is 76.1 Å². The third-order valence-corrected chi connectivity index (χ3v) is 5.82. The van der Waals surface area contributed by atoms with E-state index in [0.717, 1.165) is 5.56 Å². The third-order valence-electron chi connectivity index (χ3n) is 4.00. The van der Waals surface area contributed by atoms with Crippen LogP contribution in [0.2, 0.25) is 0 Å². The summed E-state index contributed by atoms with van der Waals surface area (Å²) >= 11 is 0. The molecule has 0 saturated carbocycles. The molecule has 6 heteroatoms. The summed E-state index contributed by atoms with van der Waals surface area (Å²) in [6.45, 7) is 1.91. The van der Waals surface area contributed by atoms with E-state index in [9.17, 15) is 9.00 Å². The lowest BCUT2D eigenvalue weighted by molar-refractivity contribution is 0.0690. The molecule has 3 aromatic rings. The molecule has 0 amide bonds. The number of hydrogen-bond donors (Lipinski definition) is 1. The number of hydrogen-bond acceptors (Lipinski definition) is 4. The van der Waals surface area contributed by atoms with Crippen molar-refractivity contribution in [2.24, 2.45) is 4.36 Å². The highest BCUT2D eigenvalue weighted by molar-refractivity contribution is 7.93. The molecule has 0 saturated heterocycles. The van der Waals surface area contributed by atoms with Crippen LogP contribution in [0.3, 0.4) is 0 Å². The molecule has 5 nitrogen and oxygen atoms in total. The van der Waals surface area contributed by atoms with Crippen molar-refractivity contribution in [3.8, 4) is 11.8 Å². The number of carboxylic acid groups (broad SMARTS) is 1. The summed E-state index contributed by atoms with van der Waals surface area (Å²) in [5.41, 5.74) is 2.64. The largest absolute Gasteiger partial charge is 0.477 e. The van der Waals surface area contributed by atoms with Crippen LogP contribution < -0.4 is 0 Å². The van der Waals surface area contributed by atoms with Crippen LogP contribution in [0.1, 0.15) is 27.2 Å². The second-order valence-corrected chi connectivity index (χ2v) is 8.39. The lowest BCUT2D eigenvalue weighted by Gasteiger charge is -2.08. The molecule has 0 spiro atoms. The van der Waals surface area contributed by atoms with E-state index < -0.39 is 15.7 Å². The fraction of sp³-hybridized carbons (Fsp3) is 0.0909. The van der Waals surface area contributed by atoms with Gasteiger partial charge < -0.3 is 5.11 Å². The number of benzene rings is 2. The third kappa shape index (κ3) is 4.45. The number of pyridine rings is 1. The lowest BCUT2D eigenvalue weighted by Crippen LogP contribution is -1.99. The maximum absolute atomic E-state index is 13.2. The van der Waals surface area contributed by atoms with E-state index in [-0.39, 0.29) is 5.69 Å². The quantitative estimate of drug-likeness (QED) is 0.677. The Morgan fingerprint density at radius 2 is 1.75 bits per heavy atom. The minimum absolute atomic E-state index is 0.0371. The summed E-state index contributed by atoms with van der Waals surface area (Å²) in [7, 11) is -2.63. The maximum Gasteiger partial charge on any atom is 0.354 e. The SMILES string of the molecule is Cc1ccccc1S(C)(=O)=Nc1ccccc1C#Cc1ccc(C(=O)O)nc1. The van der Waals surface area contributed by atoms with Crippen molar-refractivity contribution in [2.45, 2.75) is 11.8 Å². The van der Waals surface area contributed by atoms with Crippen LogP contribution in [0.4, 0.5) is 5.69 Å². The Bertz CT molecular complexity index is 1210. The molecule has 0 aliphatic rings. The fourth-order valence-electron chi connectivity index (χ4n) is 2.61. The highest BCUT2D eigenvalue weighted by Gasteiger charge is 2.10. The van der Waals surface area contributed by atoms with E-state index >= 15 is 0 Å². The monoisotopic (exact) mass is 390 g/mol. The Hall–Kier alpha value is -3.43. The molecular weight excluding hydrogens is 372 g/mol. The number of rotatable bonds is 3. The number of aromatic carboxylic acids is 1. The molecule has 2 aromatic carbocycles. The van der Waals surface area contributed by atoms with E-state index in [1.165, 1.54) is 12.3 Å². The first-order valence-electron chi connectivity index (χ1n) is 8.45. The Morgan fingerprint density at radius 1 is 1.04 bits per heavy atom. The maximum atomic E-state index is 13.2. The van der Waals surface area contributed by atoms with Gasteiger partial charge in [0.05, 0.1) is 25.9 Å². The van der Waals surface area contributed by atoms with E-state index in [1.54, 1.807) is 24.5 Å². The summed E-state index contributed by atoms with van der Waals surface area (Å²) in [5, 5.41) is 8.90. The zero-order valence-corrected chi connectivity index (χ0v) is 16.2. The molecule has 28 heavy (non-hydrogen) atoms. The van der Waals surface area contributed by atoms with Crippen LogP contribution in [-0.2, 0) is 9.73 Å². The minimum Gasteiger partial charge on any atom is -0.477 e. The molecule has 140 valence electrons. The van der Waals surface area contributed by atoms with Gasteiger partial charge in [0, 0.05) is 18.0 Å². The molecule has 0 aliphatic carbocycles. The van der Waals surface area contributed by atoms with Crippen molar-refractivity contribution in [3.05, 3.63) is 89.2 Å². The molecule has 1 aromatic heterocycles. The zero-order valence-electron chi connectivity index (χ0n) is 15.4. The number of carbonyl (C=O) groups is 1. The van der Waals surface area contributed by atoms with Crippen LogP contribution >= 0.6 is 0 Å². The van der Waals surface area contributed by atoms with Gasteiger partial charge in [-0.25, -0.2) is 14.0 Å². The number of carboxylic acids is 1. The van der Waals surface area contributed by atoms with Crippen molar-refractivity contribution in [2.75, 3.05) is 6.26 Å². The average Bonchev–Trinajstić information content (AvgIpc) is 2.67. The molecule has 0 aliphatic heterocycles. The summed E-state index contributed by atoms with van der Waals surface area (Å²) in [6, 6.07) is 17.7. The van der Waals surface area contributed by atoms with E-state index in [1.807, 2.05) is 43.3 Å². The second-order valence-electron chi connectivity index (χ2n) is 6.16. The van der Waals surface area contributed by atoms with Crippen molar-refractivity contribution in [1.29, 1.82) is 0 Å². The normalized spacial score (nSPS) is 12.4. The summed E-state index contributed by atoms with van der Waals surface area (Å²) in [6.07, 6.45) is 3.03. The number of nitrogens with zero attached hydrogens (tertiary/aromatic N) is 2. The number of aryl methyl sites for hydroxylation is 1. The average molecular weight is 390 g/mol. The van der Waals surface area contributed by atoms with Crippen molar-refractivity contribution in [3.63, 3.8) is 0 Å². The van der Waals surface area contributed by atoms with E-state index in [2.05, 4.69) is 21.2 Å². The Kier molecular flexibility index (Phi) is 5.57. The molecular formula is C22H18N2O3S. The van der Waals surface area contributed by atoms with Gasteiger partial charge in [-0.2, -0.15) is 4.36 Å². The molecule has 0 fully saturated rings. The van der Waals surface area contributed by atoms with Gasteiger partial charge in [-0.05, 0) is 42.8 Å². The van der Waals surface area contributed by atoms with Crippen molar-refractivity contribution >= 4 is 21.4 Å². The molecule has 0 radical (unpaired) electrons. The minimum atomic E-state index is -2.63. The second kappa shape index (κ2) is 8.07. The zero-order chi connectivity index (χ0) is 20.1. The fourth-order valence-corrected chi connectivity index (χ4v) is 4.24. The van der Waals surface area contributed by atoms with Gasteiger partial charge in [-0.3, -0.25) is 0 Å². The Morgan fingerprint density at radius 3 is 2.43 bits per heavy atom. The van der Waals surface area contributed by atoms with Gasteiger partial charge >= 0.3 is 5.97 Å². The molecule has 1 atom stereocenters.